The molecule has 1 atom stereocenters. The molecule has 5 nitrogen and oxygen atoms in total. The summed E-state index contributed by atoms with van der Waals surface area (Å²) in [5.74, 6) is -2.23. The van der Waals surface area contributed by atoms with E-state index in [2.05, 4.69) is 5.43 Å². The summed E-state index contributed by atoms with van der Waals surface area (Å²) in [4.78, 5) is 23.4. The van der Waals surface area contributed by atoms with Gasteiger partial charge in [0.05, 0.1) is 0 Å². The standard InChI is InChI=1S/C14H16F3N3O2/c15-14(16,17)20(13(22)11-6-2-1-3-7-11)10-12(21)18-19-8-4-5-9-19/h1-3,6-7H,4-5,8-10H2,(H,18,21)/i4T/t4-/m1/s1. The maximum Gasteiger partial charge on any atom is 0.487 e. The van der Waals surface area contributed by atoms with Gasteiger partial charge in [0.25, 0.3) is 11.8 Å². The number of carbonyl (C=O) groups excluding carboxylic acids is 2. The van der Waals surface area contributed by atoms with E-state index >= 15 is 0 Å². The largest absolute Gasteiger partial charge is 0.487 e. The highest BCUT2D eigenvalue weighted by atomic mass is 19.4. The van der Waals surface area contributed by atoms with Crippen molar-refractivity contribution in [3.05, 3.63) is 35.9 Å². The van der Waals surface area contributed by atoms with Gasteiger partial charge in [-0.25, -0.2) is 9.91 Å². The number of hydrogen-bond donors (Lipinski definition) is 1. The van der Waals surface area contributed by atoms with E-state index in [1.54, 1.807) is 6.07 Å². The summed E-state index contributed by atoms with van der Waals surface area (Å²) in [5, 5.41) is 1.39. The lowest BCUT2D eigenvalue weighted by molar-refractivity contribution is -0.224. The van der Waals surface area contributed by atoms with Gasteiger partial charge in [-0.15, -0.1) is 13.2 Å². The van der Waals surface area contributed by atoms with Gasteiger partial charge in [0.2, 0.25) is 0 Å². The molecule has 2 amide bonds. The van der Waals surface area contributed by atoms with Crippen LogP contribution in [-0.4, -0.2) is 47.7 Å². The van der Waals surface area contributed by atoms with Crippen LogP contribution >= 0.6 is 0 Å². The smallest absolute Gasteiger partial charge is 0.287 e. The first kappa shape index (κ1) is 14.8. The monoisotopic (exact) mass is 317 g/mol. The first-order valence-electron chi connectivity index (χ1n) is 7.25. The van der Waals surface area contributed by atoms with E-state index in [0.717, 1.165) is 0 Å². The van der Waals surface area contributed by atoms with Crippen LogP contribution in [0.15, 0.2) is 30.3 Å². The van der Waals surface area contributed by atoms with Crippen LogP contribution in [0.5, 0.6) is 0 Å². The summed E-state index contributed by atoms with van der Waals surface area (Å²) >= 11 is 0. The van der Waals surface area contributed by atoms with Crippen LogP contribution in [0.25, 0.3) is 0 Å². The molecule has 1 heterocycles. The Bertz CT molecular complexity index is 568. The predicted molar refractivity (Wildman–Crippen MR) is 72.5 cm³/mol. The van der Waals surface area contributed by atoms with Crippen molar-refractivity contribution in [1.29, 1.82) is 0 Å². The highest BCUT2D eigenvalue weighted by Gasteiger charge is 2.42. The lowest BCUT2D eigenvalue weighted by Gasteiger charge is -2.25. The van der Waals surface area contributed by atoms with E-state index in [1.807, 2.05) is 0 Å². The molecule has 0 radical (unpaired) electrons. The fraction of sp³-hybridized carbons (Fsp3) is 0.429. The van der Waals surface area contributed by atoms with Crippen molar-refractivity contribution in [2.75, 3.05) is 19.6 Å². The summed E-state index contributed by atoms with van der Waals surface area (Å²) in [5.41, 5.74) is 2.15. The van der Waals surface area contributed by atoms with Gasteiger partial charge in [0.15, 0.2) is 0 Å². The zero-order valence-electron chi connectivity index (χ0n) is 12.6. The molecule has 1 aliphatic heterocycles. The molecule has 0 spiro atoms. The third-order valence-corrected chi connectivity index (χ3v) is 3.11. The van der Waals surface area contributed by atoms with Crippen molar-refractivity contribution in [2.24, 2.45) is 0 Å². The second-order valence-corrected chi connectivity index (χ2v) is 4.78. The molecule has 0 aliphatic carbocycles. The minimum Gasteiger partial charge on any atom is -0.287 e. The van der Waals surface area contributed by atoms with E-state index < -0.39 is 29.6 Å². The van der Waals surface area contributed by atoms with E-state index in [0.29, 0.717) is 13.0 Å². The SMILES string of the molecule is [3H][C@@H]1CCN(NC(=O)CN(C(=O)c2ccccc2)C(F)(F)F)C1. The molecule has 1 aromatic carbocycles. The Labute approximate surface area is 127 Å². The van der Waals surface area contributed by atoms with Crippen LogP contribution < -0.4 is 5.43 Å². The van der Waals surface area contributed by atoms with Gasteiger partial charge in [-0.3, -0.25) is 15.0 Å². The second kappa shape index (κ2) is 6.78. The normalized spacial score (nSPS) is 19.6. The average Bonchev–Trinajstić information content (AvgIpc) is 2.89. The van der Waals surface area contributed by atoms with Crippen LogP contribution in [0.2, 0.25) is 0 Å². The van der Waals surface area contributed by atoms with E-state index in [9.17, 15) is 22.8 Å². The van der Waals surface area contributed by atoms with E-state index in [4.69, 9.17) is 1.37 Å². The second-order valence-electron chi connectivity index (χ2n) is 4.78. The number of carbonyl (C=O) groups is 2. The topological polar surface area (TPSA) is 52.7 Å². The number of nitrogens with one attached hydrogen (secondary N) is 1. The molecule has 1 saturated heterocycles. The number of amides is 2. The number of rotatable bonds is 4. The van der Waals surface area contributed by atoms with Crippen LogP contribution in [0.3, 0.4) is 0 Å². The maximum absolute atomic E-state index is 13.1. The van der Waals surface area contributed by atoms with Crippen molar-refractivity contribution in [3.63, 3.8) is 0 Å². The minimum atomic E-state index is -4.97. The summed E-state index contributed by atoms with van der Waals surface area (Å²) in [6, 6.07) is 6.97. The van der Waals surface area contributed by atoms with Gasteiger partial charge in [-0.1, -0.05) is 18.2 Å². The molecule has 22 heavy (non-hydrogen) atoms. The molecule has 1 fully saturated rings. The molecule has 2 rings (SSSR count). The van der Waals surface area contributed by atoms with Crippen LogP contribution in [0, 0.1) is 0 Å². The molecular formula is C14H16F3N3O2. The van der Waals surface area contributed by atoms with Crippen LogP contribution in [0.1, 0.15) is 24.5 Å². The third-order valence-electron chi connectivity index (χ3n) is 3.11. The molecule has 1 aliphatic rings. The van der Waals surface area contributed by atoms with Crippen molar-refractivity contribution in [3.8, 4) is 0 Å². The van der Waals surface area contributed by atoms with Gasteiger partial charge in [0.1, 0.15) is 6.54 Å². The lowest BCUT2D eigenvalue weighted by atomic mass is 10.2. The third kappa shape index (κ3) is 4.20. The average molecular weight is 317 g/mol. The Morgan fingerprint density at radius 3 is 2.50 bits per heavy atom. The Morgan fingerprint density at radius 2 is 1.95 bits per heavy atom. The van der Waals surface area contributed by atoms with Crippen molar-refractivity contribution in [1.82, 2.24) is 15.3 Å². The Morgan fingerprint density at radius 1 is 1.27 bits per heavy atom. The van der Waals surface area contributed by atoms with Gasteiger partial charge < -0.3 is 0 Å². The van der Waals surface area contributed by atoms with E-state index in [1.165, 1.54) is 29.3 Å². The van der Waals surface area contributed by atoms with E-state index in [-0.39, 0.29) is 18.5 Å². The summed E-state index contributed by atoms with van der Waals surface area (Å²) in [6.07, 6.45) is -4.81. The number of hydrazine groups is 1. The van der Waals surface area contributed by atoms with Crippen LogP contribution in [-0.2, 0) is 4.79 Å². The number of alkyl halides is 3. The van der Waals surface area contributed by atoms with Gasteiger partial charge >= 0.3 is 6.30 Å². The zero-order chi connectivity index (χ0) is 17.0. The highest BCUT2D eigenvalue weighted by Crippen LogP contribution is 2.23. The Kier molecular flexibility index (Phi) is 4.57. The predicted octanol–water partition coefficient (Wildman–Crippen LogP) is 1.78. The summed E-state index contributed by atoms with van der Waals surface area (Å²) in [7, 11) is 0. The zero-order valence-corrected chi connectivity index (χ0v) is 11.6. The molecular weight excluding hydrogens is 299 g/mol. The fourth-order valence-electron chi connectivity index (χ4n) is 2.06. The molecule has 120 valence electrons. The molecule has 0 bridgehead atoms. The van der Waals surface area contributed by atoms with Gasteiger partial charge in [-0.2, -0.15) is 0 Å². The maximum atomic E-state index is 13.1. The minimum absolute atomic E-state index is 0.148. The molecule has 1 aromatic rings. The van der Waals surface area contributed by atoms with Crippen molar-refractivity contribution in [2.45, 2.75) is 19.1 Å². The number of benzene rings is 1. The molecule has 0 aromatic heterocycles. The molecule has 1 N–H and O–H groups in total. The van der Waals surface area contributed by atoms with Crippen molar-refractivity contribution >= 4 is 11.8 Å². The lowest BCUT2D eigenvalue weighted by Crippen LogP contribution is -2.51. The Hall–Kier alpha value is -2.09. The summed E-state index contributed by atoms with van der Waals surface area (Å²) < 4.78 is 46.7. The van der Waals surface area contributed by atoms with Gasteiger partial charge in [-0.05, 0) is 25.0 Å². The molecule has 0 saturated carbocycles. The number of hydrogen-bond acceptors (Lipinski definition) is 3. The van der Waals surface area contributed by atoms with Gasteiger partial charge in [0, 0.05) is 20.0 Å². The van der Waals surface area contributed by atoms with Crippen molar-refractivity contribution < 1.29 is 24.1 Å². The Balaban J connectivity index is 2.04. The summed E-state index contributed by atoms with van der Waals surface area (Å²) in [6.45, 7) is -0.473. The quantitative estimate of drug-likeness (QED) is 0.861. The molecule has 0 unspecified atom stereocenters. The first-order valence-corrected chi connectivity index (χ1v) is 6.68. The fourth-order valence-corrected chi connectivity index (χ4v) is 2.06. The molecule has 8 heteroatoms. The van der Waals surface area contributed by atoms with Crippen LogP contribution in [0.4, 0.5) is 13.2 Å². The first-order chi connectivity index (χ1) is 10.8. The number of halogens is 3. The number of nitrogens with zero attached hydrogens (tertiary/aromatic N) is 2. The highest BCUT2D eigenvalue weighted by molar-refractivity contribution is 5.96.